The van der Waals surface area contributed by atoms with Crippen molar-refractivity contribution < 1.29 is 63.3 Å². The fourth-order valence-corrected chi connectivity index (χ4v) is 4.99. The van der Waals surface area contributed by atoms with E-state index < -0.39 is 42.9 Å². The predicted octanol–water partition coefficient (Wildman–Crippen LogP) is -4.30. The number of aliphatic hydroxyl groups is 4. The summed E-state index contributed by atoms with van der Waals surface area (Å²) in [5.41, 5.74) is 10.1. The summed E-state index contributed by atoms with van der Waals surface area (Å²) in [6.07, 6.45) is -3.15. The van der Waals surface area contributed by atoms with Gasteiger partial charge in [-0.25, -0.2) is 0 Å². The molecule has 5 atom stereocenters. The highest BCUT2D eigenvalue weighted by molar-refractivity contribution is 5.77. The van der Waals surface area contributed by atoms with Crippen LogP contribution < -0.4 is 38.1 Å². The molecule has 20 nitrogen and oxygen atoms in total. The van der Waals surface area contributed by atoms with Crippen LogP contribution in [0.2, 0.25) is 0 Å². The summed E-state index contributed by atoms with van der Waals surface area (Å²) in [6, 6.07) is 0. The predicted molar refractivity (Wildman–Crippen MR) is 196 cm³/mol. The van der Waals surface area contributed by atoms with Crippen molar-refractivity contribution in [3.05, 3.63) is 0 Å². The first-order valence-electron chi connectivity index (χ1n) is 18.8. The molecule has 20 heteroatoms. The Labute approximate surface area is 318 Å². The van der Waals surface area contributed by atoms with Gasteiger partial charge in [0.05, 0.1) is 51.8 Å². The topological polar surface area (TPSA) is 308 Å². The van der Waals surface area contributed by atoms with Crippen LogP contribution in [0, 0.1) is 0 Å². The maximum atomic E-state index is 12.4. The number of hydrogen-bond donors (Lipinski definition) is 11. The van der Waals surface area contributed by atoms with Crippen LogP contribution >= 0.6 is 0 Å². The normalized spacial score (nSPS) is 20.0. The van der Waals surface area contributed by atoms with Gasteiger partial charge in [-0.1, -0.05) is 0 Å². The smallest absolute Gasteiger partial charge is 0.222 e. The van der Waals surface area contributed by atoms with Crippen LogP contribution in [0.3, 0.4) is 0 Å². The molecule has 4 amide bonds. The minimum absolute atomic E-state index is 0.102. The zero-order chi connectivity index (χ0) is 40.0. The Balaban J connectivity index is 2.31. The van der Waals surface area contributed by atoms with E-state index in [9.17, 15) is 39.6 Å². The Morgan fingerprint density at radius 2 is 1.06 bits per heavy atom. The van der Waals surface area contributed by atoms with Crippen molar-refractivity contribution in [2.75, 3.05) is 99.2 Å². The number of aliphatic hydroxyl groups excluding tert-OH is 4. The average molecular weight is 782 g/mol. The first-order chi connectivity index (χ1) is 26.0. The van der Waals surface area contributed by atoms with Crippen molar-refractivity contribution in [3.8, 4) is 0 Å². The largest absolute Gasteiger partial charge is 0.394 e. The van der Waals surface area contributed by atoms with E-state index in [0.29, 0.717) is 71.4 Å². The van der Waals surface area contributed by atoms with Gasteiger partial charge < -0.3 is 82.2 Å². The number of carbonyl (C=O) groups is 4. The average Bonchev–Trinajstić information content (AvgIpc) is 3.16. The molecule has 2 unspecified atom stereocenters. The summed E-state index contributed by atoms with van der Waals surface area (Å²) in [4.78, 5) is 48.5. The van der Waals surface area contributed by atoms with Gasteiger partial charge in [-0.3, -0.25) is 19.2 Å². The van der Waals surface area contributed by atoms with Gasteiger partial charge >= 0.3 is 0 Å². The molecule has 13 N–H and O–H groups in total. The van der Waals surface area contributed by atoms with Crippen LogP contribution in [0.15, 0.2) is 0 Å². The van der Waals surface area contributed by atoms with Crippen LogP contribution in [0.1, 0.15) is 57.8 Å². The number of nitrogens with one attached hydrogen (secondary N) is 5. The minimum Gasteiger partial charge on any atom is -0.394 e. The molecule has 0 aromatic heterocycles. The maximum absolute atomic E-state index is 12.4. The number of hydrogen-bond acceptors (Lipinski definition) is 16. The lowest BCUT2D eigenvalue weighted by Gasteiger charge is -2.39. The molecule has 0 bridgehead atoms. The molecular weight excluding hydrogens is 714 g/mol. The molecule has 0 aliphatic carbocycles. The molecule has 1 aliphatic heterocycles. The Kier molecular flexibility index (Phi) is 28.0. The van der Waals surface area contributed by atoms with E-state index in [0.717, 1.165) is 0 Å². The number of amides is 4. The molecule has 316 valence electrons. The third-order valence-corrected chi connectivity index (χ3v) is 8.42. The second kappa shape index (κ2) is 30.6. The molecule has 0 saturated carbocycles. The SMILES string of the molecule is CNC(COCCC(=O)NCCCN)(COCCC(=O)NCCCN)COCCC(=O)NCCCNC(=O)CCCCO[C@H]1O[C@H](CO)[C@@H](O)C(O)C1O. The lowest BCUT2D eigenvalue weighted by Crippen LogP contribution is -2.59. The first kappa shape index (κ1) is 49.4. The third kappa shape index (κ3) is 22.1. The molecule has 0 aromatic carbocycles. The van der Waals surface area contributed by atoms with Crippen molar-refractivity contribution >= 4 is 23.6 Å². The summed E-state index contributed by atoms with van der Waals surface area (Å²) >= 11 is 0. The molecule has 1 aliphatic rings. The molecule has 1 rings (SSSR count). The fraction of sp³-hybridized carbons (Fsp3) is 0.882. The highest BCUT2D eigenvalue weighted by Crippen LogP contribution is 2.22. The summed E-state index contributed by atoms with van der Waals surface area (Å²) in [5.74, 6) is -0.669. The molecule has 0 spiro atoms. The number of unbranched alkanes of at least 4 members (excludes halogenated alkanes) is 1. The van der Waals surface area contributed by atoms with Crippen molar-refractivity contribution in [1.82, 2.24) is 26.6 Å². The maximum Gasteiger partial charge on any atom is 0.222 e. The van der Waals surface area contributed by atoms with Gasteiger partial charge in [-0.05, 0) is 52.2 Å². The van der Waals surface area contributed by atoms with Gasteiger partial charge in [0, 0.05) is 58.5 Å². The van der Waals surface area contributed by atoms with Crippen LogP contribution in [-0.4, -0.2) is 179 Å². The minimum atomic E-state index is -1.51. The van der Waals surface area contributed by atoms with Gasteiger partial charge in [-0.2, -0.15) is 0 Å². The number of rotatable bonds is 33. The quantitative estimate of drug-likeness (QED) is 0.0281. The van der Waals surface area contributed by atoms with Gasteiger partial charge in [0.25, 0.3) is 0 Å². The third-order valence-electron chi connectivity index (χ3n) is 8.42. The second-order valence-corrected chi connectivity index (χ2v) is 13.0. The molecule has 1 saturated heterocycles. The Bertz CT molecular complexity index is 1000. The van der Waals surface area contributed by atoms with Gasteiger partial charge in [0.15, 0.2) is 6.29 Å². The summed E-state index contributed by atoms with van der Waals surface area (Å²) < 4.78 is 28.1. The van der Waals surface area contributed by atoms with Crippen LogP contribution in [0.5, 0.6) is 0 Å². The zero-order valence-electron chi connectivity index (χ0n) is 31.8. The van der Waals surface area contributed by atoms with Crippen molar-refractivity contribution in [1.29, 1.82) is 0 Å². The number of nitrogens with two attached hydrogens (primary N) is 2. The van der Waals surface area contributed by atoms with Crippen molar-refractivity contribution in [2.45, 2.75) is 94.0 Å². The van der Waals surface area contributed by atoms with E-state index in [1.807, 2.05) is 0 Å². The molecule has 0 aromatic rings. The van der Waals surface area contributed by atoms with Gasteiger partial charge in [0.1, 0.15) is 24.4 Å². The molecule has 0 radical (unpaired) electrons. The Morgan fingerprint density at radius 1 is 0.611 bits per heavy atom. The molecule has 54 heavy (non-hydrogen) atoms. The highest BCUT2D eigenvalue weighted by atomic mass is 16.7. The monoisotopic (exact) mass is 781 g/mol. The summed E-state index contributed by atoms with van der Waals surface area (Å²) in [7, 11) is 1.73. The van der Waals surface area contributed by atoms with E-state index in [1.54, 1.807) is 7.05 Å². The van der Waals surface area contributed by atoms with Crippen molar-refractivity contribution in [2.24, 2.45) is 11.5 Å². The molecule has 1 heterocycles. The van der Waals surface area contributed by atoms with E-state index in [2.05, 4.69) is 26.6 Å². The standard InChI is InChI=1S/C34H67N7O13/c1-37-34(22-50-18-8-27(44)38-13-4-11-35,23-51-19-9-28(45)39-14-5-12-36)24-52-20-10-29(46)41-16-6-15-40-26(43)7-2-3-17-53-33-32(49)31(48)30(47)25(21-42)54-33/h25,30-33,37,42,47-49H,2-24,35-36H2,1H3,(H,38,44)(H,39,45)(H,40,43)(H,41,46)/t25-,30-,31?,32?,33+/m1/s1. The van der Waals surface area contributed by atoms with Crippen LogP contribution in [-0.2, 0) is 42.9 Å². The fourth-order valence-electron chi connectivity index (χ4n) is 4.99. The van der Waals surface area contributed by atoms with Crippen LogP contribution in [0.4, 0.5) is 0 Å². The molecule has 1 fully saturated rings. The van der Waals surface area contributed by atoms with E-state index in [1.165, 1.54) is 0 Å². The molecular formula is C34H67N7O13. The lowest BCUT2D eigenvalue weighted by atomic mass is 9.99. The van der Waals surface area contributed by atoms with Gasteiger partial charge in [0.2, 0.25) is 23.6 Å². The van der Waals surface area contributed by atoms with E-state index in [-0.39, 0.29) is 95.6 Å². The van der Waals surface area contributed by atoms with Crippen molar-refractivity contribution in [3.63, 3.8) is 0 Å². The number of likely N-dealkylation sites (N-methyl/N-ethyl adjacent to an activating group) is 1. The van der Waals surface area contributed by atoms with Gasteiger partial charge in [-0.15, -0.1) is 0 Å². The lowest BCUT2D eigenvalue weighted by molar-refractivity contribution is -0.301. The first-order valence-corrected chi connectivity index (χ1v) is 18.8. The van der Waals surface area contributed by atoms with E-state index in [4.69, 9.17) is 35.2 Å². The Morgan fingerprint density at radius 3 is 1.48 bits per heavy atom. The summed E-state index contributed by atoms with van der Waals surface area (Å²) in [5, 5.41) is 53.2. The van der Waals surface area contributed by atoms with Crippen LogP contribution in [0.25, 0.3) is 0 Å². The summed E-state index contributed by atoms with van der Waals surface area (Å²) in [6.45, 7) is 3.19. The second-order valence-electron chi connectivity index (χ2n) is 13.0. The highest BCUT2D eigenvalue weighted by Gasteiger charge is 2.44. The number of carbonyl (C=O) groups excluding carboxylic acids is 4. The Hall–Kier alpha value is -2.60. The van der Waals surface area contributed by atoms with E-state index >= 15 is 0 Å². The number of ether oxygens (including phenoxy) is 5. The zero-order valence-corrected chi connectivity index (χ0v) is 31.8.